The maximum absolute atomic E-state index is 15.5. The molecule has 7 nitrogen and oxygen atoms in total. The van der Waals surface area contributed by atoms with Crippen molar-refractivity contribution in [1.29, 1.82) is 0 Å². The molecule has 0 aliphatic carbocycles. The Balaban J connectivity index is 0.000000483. The number of carboxylic acids is 1. The summed E-state index contributed by atoms with van der Waals surface area (Å²) >= 11 is 11.5. The number of hydrogen-bond acceptors (Lipinski definition) is 5. The Morgan fingerprint density at radius 1 is 1.10 bits per heavy atom. The number of methoxy groups -OCH3 is 1. The van der Waals surface area contributed by atoms with Crippen molar-refractivity contribution >= 4 is 35.1 Å². The standard InChI is InChI=1S/C25H27ClFNO6.C6H5Cl/c1-25(32,15-7-9-34-10-8-15)16-11-18-22(19(27)12-16)24(33-2)28(23(18)31)20(13-21(29)30)14-3-5-17(26)6-4-14;7-6-4-2-1-3-5-6/h3-6,11-12,15,20,24,32H,7-10,13H2,1-2H3,(H,29,30);1-5H. The van der Waals surface area contributed by atoms with E-state index in [-0.39, 0.29) is 17.0 Å². The molecule has 3 aromatic rings. The van der Waals surface area contributed by atoms with Crippen LogP contribution in [-0.2, 0) is 19.9 Å². The van der Waals surface area contributed by atoms with Crippen LogP contribution in [0, 0.1) is 11.7 Å². The van der Waals surface area contributed by atoms with Crippen LogP contribution in [-0.4, -0.2) is 47.3 Å². The lowest BCUT2D eigenvalue weighted by Crippen LogP contribution is -2.36. The Hall–Kier alpha value is -3.01. The number of fused-ring (bicyclic) bond motifs is 1. The summed E-state index contributed by atoms with van der Waals surface area (Å²) in [6.07, 6.45) is -0.298. The van der Waals surface area contributed by atoms with Crippen LogP contribution in [0.1, 0.15) is 65.5 Å². The molecule has 41 heavy (non-hydrogen) atoms. The van der Waals surface area contributed by atoms with Gasteiger partial charge in [0.05, 0.1) is 23.6 Å². The van der Waals surface area contributed by atoms with Crippen LogP contribution in [0.3, 0.4) is 0 Å². The van der Waals surface area contributed by atoms with Crippen LogP contribution in [0.15, 0.2) is 66.7 Å². The van der Waals surface area contributed by atoms with Gasteiger partial charge in [0.15, 0.2) is 6.23 Å². The van der Waals surface area contributed by atoms with Crippen molar-refractivity contribution in [2.24, 2.45) is 5.92 Å². The number of rotatable bonds is 7. The molecular formula is C31H32Cl2FNO6. The van der Waals surface area contributed by atoms with Crippen LogP contribution < -0.4 is 0 Å². The second-order valence-electron chi connectivity index (χ2n) is 10.2. The normalized spacial score (nSPS) is 19.1. The molecule has 2 heterocycles. The van der Waals surface area contributed by atoms with E-state index in [1.807, 2.05) is 30.3 Å². The van der Waals surface area contributed by atoms with Crippen molar-refractivity contribution in [3.8, 4) is 0 Å². The fourth-order valence-corrected chi connectivity index (χ4v) is 5.67. The molecule has 0 spiro atoms. The molecule has 3 aromatic carbocycles. The summed E-state index contributed by atoms with van der Waals surface area (Å²) in [5.74, 6) is -2.53. The smallest absolute Gasteiger partial charge is 0.305 e. The molecule has 3 unspecified atom stereocenters. The van der Waals surface area contributed by atoms with E-state index in [2.05, 4.69) is 0 Å². The number of aliphatic carboxylic acids is 1. The molecule has 2 aliphatic rings. The topological polar surface area (TPSA) is 96.3 Å². The van der Waals surface area contributed by atoms with Gasteiger partial charge in [0, 0.05) is 35.9 Å². The Morgan fingerprint density at radius 2 is 1.71 bits per heavy atom. The molecule has 2 N–H and O–H groups in total. The van der Waals surface area contributed by atoms with Gasteiger partial charge in [0.1, 0.15) is 5.82 Å². The summed E-state index contributed by atoms with van der Waals surface area (Å²) in [6, 6.07) is 17.7. The number of nitrogens with zero attached hydrogens (tertiary/aromatic N) is 1. The third-order valence-electron chi connectivity index (χ3n) is 7.61. The largest absolute Gasteiger partial charge is 0.481 e. The zero-order chi connectivity index (χ0) is 29.7. The Labute approximate surface area is 248 Å². The second-order valence-corrected chi connectivity index (χ2v) is 11.1. The molecule has 5 rings (SSSR count). The number of halogens is 3. The molecule has 10 heteroatoms. The van der Waals surface area contributed by atoms with Crippen molar-refractivity contribution in [3.05, 3.63) is 105 Å². The van der Waals surface area contributed by atoms with E-state index in [4.69, 9.17) is 32.7 Å². The quantitative estimate of drug-likeness (QED) is 0.309. The van der Waals surface area contributed by atoms with Gasteiger partial charge in [0.25, 0.3) is 5.91 Å². The highest BCUT2D eigenvalue weighted by Gasteiger charge is 2.46. The van der Waals surface area contributed by atoms with Crippen LogP contribution in [0.5, 0.6) is 0 Å². The van der Waals surface area contributed by atoms with E-state index in [1.165, 1.54) is 24.1 Å². The van der Waals surface area contributed by atoms with Crippen molar-refractivity contribution in [1.82, 2.24) is 4.90 Å². The van der Waals surface area contributed by atoms with Gasteiger partial charge in [-0.1, -0.05) is 53.5 Å². The first-order valence-corrected chi connectivity index (χ1v) is 14.0. The number of carboxylic acid groups (broad SMARTS) is 1. The summed E-state index contributed by atoms with van der Waals surface area (Å²) in [5, 5.41) is 22.1. The number of carbonyl (C=O) groups excluding carboxylic acids is 1. The molecule has 0 radical (unpaired) electrons. The first kappa shape index (κ1) is 30.9. The summed E-state index contributed by atoms with van der Waals surface area (Å²) in [5.41, 5.74) is -0.458. The van der Waals surface area contributed by atoms with Crippen LogP contribution in [0.2, 0.25) is 10.0 Å². The first-order valence-electron chi connectivity index (χ1n) is 13.2. The molecule has 0 saturated carbocycles. The van der Waals surface area contributed by atoms with Crippen LogP contribution in [0.25, 0.3) is 0 Å². The number of aliphatic hydroxyl groups is 1. The predicted molar refractivity (Wildman–Crippen MR) is 153 cm³/mol. The van der Waals surface area contributed by atoms with Gasteiger partial charge in [-0.05, 0) is 73.2 Å². The number of ether oxygens (including phenoxy) is 2. The van der Waals surface area contributed by atoms with Gasteiger partial charge in [-0.2, -0.15) is 0 Å². The number of amides is 1. The highest BCUT2D eigenvalue weighted by Crippen LogP contribution is 2.45. The molecule has 0 bridgehead atoms. The third-order valence-corrected chi connectivity index (χ3v) is 8.11. The molecule has 3 atom stereocenters. The first-order chi connectivity index (χ1) is 19.5. The van der Waals surface area contributed by atoms with Crippen LogP contribution >= 0.6 is 23.2 Å². The molecular weight excluding hydrogens is 572 g/mol. The number of hydrogen-bond donors (Lipinski definition) is 2. The van der Waals surface area contributed by atoms with Gasteiger partial charge in [-0.15, -0.1) is 0 Å². The second kappa shape index (κ2) is 13.3. The van der Waals surface area contributed by atoms with Crippen molar-refractivity contribution < 1.29 is 33.7 Å². The van der Waals surface area contributed by atoms with E-state index in [0.29, 0.717) is 42.2 Å². The predicted octanol–water partition coefficient (Wildman–Crippen LogP) is 6.77. The summed E-state index contributed by atoms with van der Waals surface area (Å²) in [4.78, 5) is 26.5. The highest BCUT2D eigenvalue weighted by atomic mass is 35.5. The van der Waals surface area contributed by atoms with E-state index < -0.39 is 42.0 Å². The lowest BCUT2D eigenvalue weighted by atomic mass is 9.78. The van der Waals surface area contributed by atoms with Gasteiger partial charge < -0.3 is 24.6 Å². The maximum Gasteiger partial charge on any atom is 0.305 e. The molecule has 1 saturated heterocycles. The lowest BCUT2D eigenvalue weighted by molar-refractivity contribution is -0.139. The average molecular weight is 605 g/mol. The summed E-state index contributed by atoms with van der Waals surface area (Å²) < 4.78 is 26.4. The number of benzene rings is 3. The summed E-state index contributed by atoms with van der Waals surface area (Å²) in [7, 11) is 1.34. The monoisotopic (exact) mass is 603 g/mol. The Kier molecular flexibility index (Phi) is 10.0. The molecule has 218 valence electrons. The van der Waals surface area contributed by atoms with Crippen molar-refractivity contribution in [2.45, 2.75) is 44.1 Å². The molecule has 2 aliphatic heterocycles. The maximum atomic E-state index is 15.5. The highest BCUT2D eigenvalue weighted by molar-refractivity contribution is 6.30. The van der Waals surface area contributed by atoms with Gasteiger partial charge in [0.2, 0.25) is 0 Å². The minimum absolute atomic E-state index is 0.0309. The Bertz CT molecular complexity index is 1360. The Morgan fingerprint density at radius 3 is 2.24 bits per heavy atom. The molecule has 1 fully saturated rings. The zero-order valence-electron chi connectivity index (χ0n) is 22.7. The summed E-state index contributed by atoms with van der Waals surface area (Å²) in [6.45, 7) is 2.63. The number of carbonyl (C=O) groups is 2. The van der Waals surface area contributed by atoms with E-state index in [0.717, 1.165) is 5.02 Å². The van der Waals surface area contributed by atoms with E-state index in [9.17, 15) is 19.8 Å². The minimum atomic E-state index is -1.37. The van der Waals surface area contributed by atoms with E-state index >= 15 is 4.39 Å². The van der Waals surface area contributed by atoms with Gasteiger partial charge in [-0.25, -0.2) is 4.39 Å². The molecule has 1 amide bonds. The van der Waals surface area contributed by atoms with Crippen molar-refractivity contribution in [3.63, 3.8) is 0 Å². The SMILES string of the molecule is COC1c2c(F)cc(C(C)(O)C3CCOCC3)cc2C(=O)N1C(CC(=O)O)c1ccc(Cl)cc1.Clc1ccccc1. The average Bonchev–Trinajstić information content (AvgIpc) is 3.25. The third kappa shape index (κ3) is 6.90. The van der Waals surface area contributed by atoms with Crippen molar-refractivity contribution in [2.75, 3.05) is 20.3 Å². The van der Waals surface area contributed by atoms with Crippen LogP contribution in [0.4, 0.5) is 4.39 Å². The molecule has 0 aromatic heterocycles. The van der Waals surface area contributed by atoms with Gasteiger partial charge >= 0.3 is 5.97 Å². The lowest BCUT2D eigenvalue weighted by Gasteiger charge is -2.36. The fraction of sp³-hybridized carbons (Fsp3) is 0.355. The minimum Gasteiger partial charge on any atom is -0.481 e. The van der Waals surface area contributed by atoms with E-state index in [1.54, 1.807) is 31.2 Å². The zero-order valence-corrected chi connectivity index (χ0v) is 24.2. The fourth-order valence-electron chi connectivity index (χ4n) is 5.40. The van der Waals surface area contributed by atoms with Gasteiger partial charge in [-0.3, -0.25) is 9.59 Å².